The van der Waals surface area contributed by atoms with Crippen molar-refractivity contribution < 1.29 is 19.4 Å². The minimum absolute atomic E-state index is 0.0386. The van der Waals surface area contributed by atoms with E-state index >= 15 is 0 Å². The second-order valence-corrected chi connectivity index (χ2v) is 5.03. The first kappa shape index (κ1) is 13.0. The zero-order valence-electron chi connectivity index (χ0n) is 7.79. The molecule has 0 heterocycles. The van der Waals surface area contributed by atoms with Gasteiger partial charge in [-0.15, -0.1) is 0 Å². The minimum Gasteiger partial charge on any atom is -0.478 e. The van der Waals surface area contributed by atoms with E-state index in [1.165, 1.54) is 7.11 Å². The van der Waals surface area contributed by atoms with Gasteiger partial charge >= 0.3 is 5.97 Å². The standard InChI is InChI=1S/C9H8I2O4/c1-14-4-15-8-6(9(12)13)2-5(10)3-7(8)11/h2-3H,4H2,1H3,(H,12,13). The van der Waals surface area contributed by atoms with Gasteiger partial charge in [0.15, 0.2) is 6.79 Å². The Hall–Kier alpha value is -0.0900. The van der Waals surface area contributed by atoms with E-state index in [9.17, 15) is 4.79 Å². The fourth-order valence-corrected chi connectivity index (χ4v) is 2.98. The highest BCUT2D eigenvalue weighted by atomic mass is 127. The lowest BCUT2D eigenvalue weighted by atomic mass is 10.2. The first-order chi connectivity index (χ1) is 7.06. The molecule has 0 radical (unpaired) electrons. The third-order valence-electron chi connectivity index (χ3n) is 1.56. The molecule has 1 N–H and O–H groups in total. The second kappa shape index (κ2) is 5.85. The predicted octanol–water partition coefficient (Wildman–Crippen LogP) is 2.58. The van der Waals surface area contributed by atoms with Crippen LogP contribution in [0.3, 0.4) is 0 Å². The molecule has 0 saturated carbocycles. The van der Waals surface area contributed by atoms with Gasteiger partial charge in [0.05, 0.1) is 3.57 Å². The molecule has 0 atom stereocenters. The number of hydrogen-bond acceptors (Lipinski definition) is 3. The SMILES string of the molecule is COCOc1c(I)cc(I)cc1C(=O)O. The van der Waals surface area contributed by atoms with Crippen molar-refractivity contribution in [2.75, 3.05) is 13.9 Å². The topological polar surface area (TPSA) is 55.8 Å². The van der Waals surface area contributed by atoms with E-state index in [1.54, 1.807) is 6.07 Å². The van der Waals surface area contributed by atoms with E-state index in [0.29, 0.717) is 5.75 Å². The molecule has 0 unspecified atom stereocenters. The summed E-state index contributed by atoms with van der Waals surface area (Å²) < 4.78 is 11.6. The van der Waals surface area contributed by atoms with Crippen molar-refractivity contribution in [2.24, 2.45) is 0 Å². The van der Waals surface area contributed by atoms with Gasteiger partial charge in [0.25, 0.3) is 0 Å². The van der Waals surface area contributed by atoms with Crippen molar-refractivity contribution in [1.29, 1.82) is 0 Å². The minimum atomic E-state index is -1.00. The number of carboxylic acids is 1. The number of carboxylic acid groups (broad SMARTS) is 1. The van der Waals surface area contributed by atoms with Crippen LogP contribution in [0.15, 0.2) is 12.1 Å². The van der Waals surface area contributed by atoms with Gasteiger partial charge in [-0.25, -0.2) is 4.79 Å². The van der Waals surface area contributed by atoms with Crippen LogP contribution in [-0.2, 0) is 4.74 Å². The summed E-state index contributed by atoms with van der Waals surface area (Å²) in [6.07, 6.45) is 0. The summed E-state index contributed by atoms with van der Waals surface area (Å²) in [5.41, 5.74) is 0.156. The van der Waals surface area contributed by atoms with Gasteiger partial charge in [0, 0.05) is 10.7 Å². The van der Waals surface area contributed by atoms with Gasteiger partial charge in [-0.1, -0.05) is 0 Å². The zero-order valence-corrected chi connectivity index (χ0v) is 12.1. The highest BCUT2D eigenvalue weighted by molar-refractivity contribution is 14.1. The smallest absolute Gasteiger partial charge is 0.339 e. The summed E-state index contributed by atoms with van der Waals surface area (Å²) in [5.74, 6) is -0.650. The van der Waals surface area contributed by atoms with Crippen LogP contribution in [0, 0.1) is 7.14 Å². The van der Waals surface area contributed by atoms with Crippen molar-refractivity contribution in [1.82, 2.24) is 0 Å². The summed E-state index contributed by atoms with van der Waals surface area (Å²) in [7, 11) is 1.49. The van der Waals surface area contributed by atoms with Crippen molar-refractivity contribution in [3.63, 3.8) is 0 Å². The van der Waals surface area contributed by atoms with E-state index in [0.717, 1.165) is 7.14 Å². The molecule has 1 aromatic rings. The number of benzene rings is 1. The maximum absolute atomic E-state index is 11.0. The molecule has 82 valence electrons. The fraction of sp³-hybridized carbons (Fsp3) is 0.222. The summed E-state index contributed by atoms with van der Waals surface area (Å²) in [5, 5.41) is 8.99. The summed E-state index contributed by atoms with van der Waals surface area (Å²) in [6, 6.07) is 3.41. The van der Waals surface area contributed by atoms with Crippen LogP contribution in [-0.4, -0.2) is 25.0 Å². The molecule has 15 heavy (non-hydrogen) atoms. The van der Waals surface area contributed by atoms with Crippen molar-refractivity contribution in [3.8, 4) is 5.75 Å². The number of carbonyl (C=O) groups is 1. The molecule has 0 fully saturated rings. The number of aromatic carboxylic acids is 1. The molecule has 1 rings (SSSR count). The van der Waals surface area contributed by atoms with E-state index in [4.69, 9.17) is 14.6 Å². The van der Waals surface area contributed by atoms with Gasteiger partial charge < -0.3 is 14.6 Å². The lowest BCUT2D eigenvalue weighted by molar-refractivity contribution is 0.0477. The first-order valence-corrected chi connectivity index (χ1v) is 6.06. The maximum Gasteiger partial charge on any atom is 0.339 e. The van der Waals surface area contributed by atoms with Crippen LogP contribution < -0.4 is 4.74 Å². The van der Waals surface area contributed by atoms with Crippen LogP contribution in [0.4, 0.5) is 0 Å². The van der Waals surface area contributed by atoms with Gasteiger partial charge in [-0.05, 0) is 57.3 Å². The molecule has 0 amide bonds. The molecule has 0 aliphatic heterocycles. The largest absolute Gasteiger partial charge is 0.478 e. The number of methoxy groups -OCH3 is 1. The average molecular weight is 434 g/mol. The van der Waals surface area contributed by atoms with Gasteiger partial charge in [0.1, 0.15) is 11.3 Å². The molecule has 4 nitrogen and oxygen atoms in total. The first-order valence-electron chi connectivity index (χ1n) is 3.90. The van der Waals surface area contributed by atoms with Crippen LogP contribution in [0.5, 0.6) is 5.75 Å². The van der Waals surface area contributed by atoms with Crippen LogP contribution in [0.2, 0.25) is 0 Å². The Balaban J connectivity index is 3.15. The lowest BCUT2D eigenvalue weighted by Gasteiger charge is -2.10. The number of rotatable bonds is 4. The molecule has 1 aromatic carbocycles. The monoisotopic (exact) mass is 434 g/mol. The molecule has 0 spiro atoms. The predicted molar refractivity (Wildman–Crippen MR) is 71.3 cm³/mol. The van der Waals surface area contributed by atoms with Crippen LogP contribution in [0.25, 0.3) is 0 Å². The van der Waals surface area contributed by atoms with Crippen molar-refractivity contribution >= 4 is 51.2 Å². The second-order valence-electron chi connectivity index (χ2n) is 2.62. The Morgan fingerprint density at radius 1 is 1.47 bits per heavy atom. The van der Waals surface area contributed by atoms with E-state index in [-0.39, 0.29) is 12.4 Å². The molecule has 0 saturated heterocycles. The summed E-state index contributed by atoms with van der Waals surface area (Å²) in [4.78, 5) is 11.0. The Kier molecular flexibility index (Phi) is 5.06. The third kappa shape index (κ3) is 3.45. The molecule has 0 aliphatic rings. The number of halogens is 2. The van der Waals surface area contributed by atoms with Crippen molar-refractivity contribution in [2.45, 2.75) is 0 Å². The lowest BCUT2D eigenvalue weighted by Crippen LogP contribution is -2.07. The van der Waals surface area contributed by atoms with Gasteiger partial charge in [-0.3, -0.25) is 0 Å². The maximum atomic E-state index is 11.0. The quantitative estimate of drug-likeness (QED) is 0.585. The highest BCUT2D eigenvalue weighted by Crippen LogP contribution is 2.28. The summed E-state index contributed by atoms with van der Waals surface area (Å²) >= 11 is 4.10. The molecule has 0 bridgehead atoms. The molecule has 6 heteroatoms. The van der Waals surface area contributed by atoms with E-state index < -0.39 is 5.97 Å². The van der Waals surface area contributed by atoms with Crippen LogP contribution in [0.1, 0.15) is 10.4 Å². The molecular weight excluding hydrogens is 426 g/mol. The molecule has 0 aromatic heterocycles. The molecular formula is C9H8I2O4. The fourth-order valence-electron chi connectivity index (χ4n) is 0.984. The molecule has 0 aliphatic carbocycles. The van der Waals surface area contributed by atoms with Crippen LogP contribution >= 0.6 is 45.2 Å². The Morgan fingerprint density at radius 2 is 2.13 bits per heavy atom. The van der Waals surface area contributed by atoms with Gasteiger partial charge in [-0.2, -0.15) is 0 Å². The third-order valence-corrected chi connectivity index (χ3v) is 2.98. The Labute approximate surface area is 114 Å². The normalized spacial score (nSPS) is 10.1. The van der Waals surface area contributed by atoms with Crippen molar-refractivity contribution in [3.05, 3.63) is 24.8 Å². The summed E-state index contributed by atoms with van der Waals surface area (Å²) in [6.45, 7) is 0.0386. The number of hydrogen-bond donors (Lipinski definition) is 1. The Bertz CT molecular complexity index is 379. The van der Waals surface area contributed by atoms with E-state index in [1.807, 2.05) is 28.7 Å². The highest BCUT2D eigenvalue weighted by Gasteiger charge is 2.15. The average Bonchev–Trinajstić information content (AvgIpc) is 2.15. The number of ether oxygens (including phenoxy) is 2. The van der Waals surface area contributed by atoms with Gasteiger partial charge in [0.2, 0.25) is 0 Å². The Morgan fingerprint density at radius 3 is 2.67 bits per heavy atom. The zero-order chi connectivity index (χ0) is 11.4. The van der Waals surface area contributed by atoms with E-state index in [2.05, 4.69) is 22.6 Å².